The Hall–Kier alpha value is -2.63. The topological polar surface area (TPSA) is 87.3 Å². The van der Waals surface area contributed by atoms with E-state index in [1.807, 2.05) is 44.2 Å². The number of hydrogen-bond acceptors (Lipinski definition) is 3. The Morgan fingerprint density at radius 3 is 2.32 bits per heavy atom. The minimum Gasteiger partial charge on any atom is -0.356 e. The molecule has 0 fully saturated rings. The van der Waals surface area contributed by atoms with Crippen molar-refractivity contribution < 1.29 is 14.4 Å². The molecule has 1 heterocycles. The molecule has 170 valence electrons. The zero-order valence-electron chi connectivity index (χ0n) is 18.9. The molecule has 1 aliphatic rings. The highest BCUT2D eigenvalue weighted by Crippen LogP contribution is 2.23. The van der Waals surface area contributed by atoms with Crippen molar-refractivity contribution in [3.05, 3.63) is 48.0 Å². The average Bonchev–Trinajstić information content (AvgIpc) is 2.74. The molecular formula is C25H37N3O3. The summed E-state index contributed by atoms with van der Waals surface area (Å²) in [5, 5.41) is 8.70. The standard InChI is InChI=1S/C25H37N3O3/c1-19(2)18-22-25(31)27-17-15-23(29)26-16-11-6-4-3-5-10-14-21(24(30)28-22)20-12-8-7-9-13-20/h3-4,7-9,12-13,19,21-22H,5-6,10-11,14-18H2,1-2H3,(H,26,29)(H,27,31)(H,28,30)/b4-3+/t21?,22-/m0/s1. The molecule has 1 aromatic carbocycles. The normalized spacial score (nSPS) is 23.8. The molecule has 1 aromatic rings. The third-order valence-electron chi connectivity index (χ3n) is 5.41. The van der Waals surface area contributed by atoms with Crippen molar-refractivity contribution >= 4 is 17.7 Å². The van der Waals surface area contributed by atoms with Crippen LogP contribution in [0.1, 0.15) is 70.3 Å². The number of benzene rings is 1. The van der Waals surface area contributed by atoms with Crippen LogP contribution in [0.4, 0.5) is 0 Å². The third kappa shape index (κ3) is 9.37. The zero-order chi connectivity index (χ0) is 22.5. The van der Waals surface area contributed by atoms with Gasteiger partial charge in [0.05, 0.1) is 5.92 Å². The van der Waals surface area contributed by atoms with Crippen LogP contribution in [0, 0.1) is 5.92 Å². The highest BCUT2D eigenvalue weighted by Gasteiger charge is 2.27. The number of carbonyl (C=O) groups is 3. The molecule has 0 saturated carbocycles. The number of carbonyl (C=O) groups excluding carboxylic acids is 3. The predicted molar refractivity (Wildman–Crippen MR) is 123 cm³/mol. The van der Waals surface area contributed by atoms with Crippen LogP contribution in [0.2, 0.25) is 0 Å². The van der Waals surface area contributed by atoms with E-state index in [1.165, 1.54) is 0 Å². The summed E-state index contributed by atoms with van der Waals surface area (Å²) >= 11 is 0. The van der Waals surface area contributed by atoms with E-state index in [9.17, 15) is 14.4 Å². The monoisotopic (exact) mass is 427 g/mol. The van der Waals surface area contributed by atoms with Gasteiger partial charge in [-0.25, -0.2) is 0 Å². The van der Waals surface area contributed by atoms with Crippen molar-refractivity contribution in [1.29, 1.82) is 0 Å². The fraction of sp³-hybridized carbons (Fsp3) is 0.560. The maximum Gasteiger partial charge on any atom is 0.242 e. The van der Waals surface area contributed by atoms with Gasteiger partial charge in [0.15, 0.2) is 0 Å². The molecule has 2 rings (SSSR count). The summed E-state index contributed by atoms with van der Waals surface area (Å²) in [7, 11) is 0. The zero-order valence-corrected chi connectivity index (χ0v) is 18.9. The SMILES string of the molecule is CC(C)C[C@@H]1NC(=O)C(c2ccccc2)CCC/C=C/CCCNC(=O)CCNC1=O. The van der Waals surface area contributed by atoms with Gasteiger partial charge in [0.25, 0.3) is 0 Å². The maximum absolute atomic E-state index is 13.2. The van der Waals surface area contributed by atoms with Crippen LogP contribution in [0.5, 0.6) is 0 Å². The molecule has 6 heteroatoms. The van der Waals surface area contributed by atoms with Gasteiger partial charge in [0.2, 0.25) is 17.7 Å². The van der Waals surface area contributed by atoms with Crippen molar-refractivity contribution in [2.75, 3.05) is 13.1 Å². The van der Waals surface area contributed by atoms with Gasteiger partial charge >= 0.3 is 0 Å². The van der Waals surface area contributed by atoms with E-state index in [1.54, 1.807) is 0 Å². The summed E-state index contributed by atoms with van der Waals surface area (Å²) in [5.74, 6) is -0.459. The van der Waals surface area contributed by atoms with Gasteiger partial charge in [0, 0.05) is 19.5 Å². The van der Waals surface area contributed by atoms with Crippen LogP contribution in [0.15, 0.2) is 42.5 Å². The van der Waals surface area contributed by atoms with Crippen LogP contribution in [0.3, 0.4) is 0 Å². The first kappa shape index (κ1) is 24.6. The van der Waals surface area contributed by atoms with E-state index in [-0.39, 0.29) is 42.5 Å². The van der Waals surface area contributed by atoms with Gasteiger partial charge in [0.1, 0.15) is 6.04 Å². The second kappa shape index (κ2) is 13.6. The molecule has 3 N–H and O–H groups in total. The Morgan fingerprint density at radius 2 is 1.61 bits per heavy atom. The van der Waals surface area contributed by atoms with Crippen molar-refractivity contribution in [3.8, 4) is 0 Å². The molecule has 0 aliphatic carbocycles. The molecule has 0 bridgehead atoms. The second-order valence-corrected chi connectivity index (χ2v) is 8.59. The summed E-state index contributed by atoms with van der Waals surface area (Å²) in [6.07, 6.45) is 9.40. The molecule has 6 nitrogen and oxygen atoms in total. The first-order chi connectivity index (χ1) is 15.0. The van der Waals surface area contributed by atoms with Gasteiger partial charge < -0.3 is 16.0 Å². The van der Waals surface area contributed by atoms with Crippen molar-refractivity contribution in [2.45, 2.75) is 70.8 Å². The maximum atomic E-state index is 13.2. The Balaban J connectivity index is 2.16. The molecule has 0 aromatic heterocycles. The number of hydrogen-bond donors (Lipinski definition) is 3. The Kier molecular flexibility index (Phi) is 10.8. The lowest BCUT2D eigenvalue weighted by Gasteiger charge is -2.24. The largest absolute Gasteiger partial charge is 0.356 e. The van der Waals surface area contributed by atoms with Gasteiger partial charge in [-0.3, -0.25) is 14.4 Å². The van der Waals surface area contributed by atoms with Gasteiger partial charge in [-0.15, -0.1) is 0 Å². The van der Waals surface area contributed by atoms with E-state index >= 15 is 0 Å². The highest BCUT2D eigenvalue weighted by molar-refractivity contribution is 5.90. The fourth-order valence-electron chi connectivity index (χ4n) is 3.74. The fourth-order valence-corrected chi connectivity index (χ4v) is 3.74. The van der Waals surface area contributed by atoms with Crippen molar-refractivity contribution in [2.24, 2.45) is 5.92 Å². The van der Waals surface area contributed by atoms with Crippen LogP contribution >= 0.6 is 0 Å². The average molecular weight is 428 g/mol. The summed E-state index contributed by atoms with van der Waals surface area (Å²) in [6.45, 7) is 4.95. The first-order valence-corrected chi connectivity index (χ1v) is 11.5. The molecule has 1 aliphatic heterocycles. The number of allylic oxidation sites excluding steroid dienone is 2. The molecule has 0 saturated heterocycles. The summed E-state index contributed by atoms with van der Waals surface area (Å²) in [5.41, 5.74) is 0.971. The molecule has 2 atom stereocenters. The van der Waals surface area contributed by atoms with E-state index in [0.29, 0.717) is 13.0 Å². The predicted octanol–water partition coefficient (Wildman–Crippen LogP) is 3.44. The van der Waals surface area contributed by atoms with Gasteiger partial charge in [-0.1, -0.05) is 56.3 Å². The molecule has 3 amide bonds. The molecule has 0 radical (unpaired) electrons. The summed E-state index contributed by atoms with van der Waals surface area (Å²) < 4.78 is 0. The first-order valence-electron chi connectivity index (χ1n) is 11.5. The van der Waals surface area contributed by atoms with Gasteiger partial charge in [-0.05, 0) is 50.0 Å². The number of nitrogens with one attached hydrogen (secondary N) is 3. The minimum absolute atomic E-state index is 0.0704. The van der Waals surface area contributed by atoms with Crippen molar-refractivity contribution in [3.63, 3.8) is 0 Å². The number of amides is 3. The lowest BCUT2D eigenvalue weighted by molar-refractivity contribution is -0.130. The molecule has 31 heavy (non-hydrogen) atoms. The quantitative estimate of drug-likeness (QED) is 0.646. The van der Waals surface area contributed by atoms with Crippen LogP contribution in [0.25, 0.3) is 0 Å². The lowest BCUT2D eigenvalue weighted by Crippen LogP contribution is -2.49. The van der Waals surface area contributed by atoms with E-state index in [2.05, 4.69) is 28.1 Å². The van der Waals surface area contributed by atoms with E-state index in [0.717, 1.165) is 37.7 Å². The Morgan fingerprint density at radius 1 is 0.903 bits per heavy atom. The summed E-state index contributed by atoms with van der Waals surface area (Å²) in [4.78, 5) is 37.9. The highest BCUT2D eigenvalue weighted by atomic mass is 16.2. The van der Waals surface area contributed by atoms with Crippen LogP contribution in [-0.2, 0) is 14.4 Å². The summed E-state index contributed by atoms with van der Waals surface area (Å²) in [6, 6.07) is 9.16. The molecular weight excluding hydrogens is 390 g/mol. The Labute approximate surface area is 186 Å². The van der Waals surface area contributed by atoms with Gasteiger partial charge in [-0.2, -0.15) is 0 Å². The third-order valence-corrected chi connectivity index (χ3v) is 5.41. The van der Waals surface area contributed by atoms with Crippen LogP contribution < -0.4 is 16.0 Å². The molecule has 1 unspecified atom stereocenters. The van der Waals surface area contributed by atoms with E-state index < -0.39 is 6.04 Å². The molecule has 0 spiro atoms. The lowest BCUT2D eigenvalue weighted by atomic mass is 9.91. The van der Waals surface area contributed by atoms with Crippen LogP contribution in [-0.4, -0.2) is 36.9 Å². The van der Waals surface area contributed by atoms with Crippen molar-refractivity contribution in [1.82, 2.24) is 16.0 Å². The smallest absolute Gasteiger partial charge is 0.242 e. The van der Waals surface area contributed by atoms with E-state index in [4.69, 9.17) is 0 Å². The second-order valence-electron chi connectivity index (χ2n) is 8.59. The number of rotatable bonds is 3. The minimum atomic E-state index is -0.611. The Bertz CT molecular complexity index is 731.